The van der Waals surface area contributed by atoms with Crippen molar-refractivity contribution in [3.05, 3.63) is 65.0 Å². The molecule has 0 radical (unpaired) electrons. The number of fused-ring (bicyclic) bond motifs is 1. The number of guanidine groups is 1. The van der Waals surface area contributed by atoms with Gasteiger partial charge in [0.05, 0.1) is 11.7 Å². The molecular weight excluding hydrogens is 449 g/mol. The summed E-state index contributed by atoms with van der Waals surface area (Å²) in [7, 11) is 3.77. The fraction of sp³-hybridized carbons (Fsp3) is 0.333. The smallest absolute Gasteiger partial charge is 0.191 e. The summed E-state index contributed by atoms with van der Waals surface area (Å²) in [4.78, 5) is 4.38. The van der Waals surface area contributed by atoms with Crippen molar-refractivity contribution < 1.29 is 0 Å². The van der Waals surface area contributed by atoms with E-state index in [1.807, 2.05) is 18.7 Å². The lowest BCUT2D eigenvalue weighted by molar-refractivity contribution is 0.688. The van der Waals surface area contributed by atoms with Crippen LogP contribution in [0.3, 0.4) is 0 Å². The van der Waals surface area contributed by atoms with Crippen LogP contribution in [0.4, 0.5) is 0 Å². The second kappa shape index (κ2) is 9.21. The third kappa shape index (κ3) is 4.61. The Balaban J connectivity index is 0.00000261. The van der Waals surface area contributed by atoms with Gasteiger partial charge in [-0.2, -0.15) is 5.10 Å². The molecule has 2 N–H and O–H groups in total. The van der Waals surface area contributed by atoms with Crippen LogP contribution in [0.2, 0.25) is 0 Å². The van der Waals surface area contributed by atoms with Gasteiger partial charge in [0.1, 0.15) is 0 Å². The number of nitrogens with one attached hydrogen (secondary N) is 2. The maximum absolute atomic E-state index is 4.47. The number of halogens is 1. The summed E-state index contributed by atoms with van der Waals surface area (Å²) in [6, 6.07) is 15.0. The number of aryl methyl sites for hydroxylation is 2. The zero-order chi connectivity index (χ0) is 18.7. The highest BCUT2D eigenvalue weighted by atomic mass is 127. The first-order valence-corrected chi connectivity index (χ1v) is 8.95. The minimum atomic E-state index is 0. The third-order valence-corrected chi connectivity index (χ3v) is 4.96. The second-order valence-electron chi connectivity index (χ2n) is 6.63. The van der Waals surface area contributed by atoms with Crippen LogP contribution in [-0.4, -0.2) is 22.8 Å². The highest BCUT2D eigenvalue weighted by Crippen LogP contribution is 2.24. The van der Waals surface area contributed by atoms with E-state index >= 15 is 0 Å². The molecule has 0 aliphatic rings. The molecule has 0 fully saturated rings. The fourth-order valence-electron chi connectivity index (χ4n) is 3.35. The zero-order valence-electron chi connectivity index (χ0n) is 16.6. The van der Waals surface area contributed by atoms with Crippen molar-refractivity contribution in [2.24, 2.45) is 12.0 Å². The van der Waals surface area contributed by atoms with Crippen LogP contribution in [0.15, 0.2) is 47.5 Å². The summed E-state index contributed by atoms with van der Waals surface area (Å²) < 4.78 is 1.92. The molecule has 2 aromatic carbocycles. The molecule has 6 heteroatoms. The normalized spacial score (nSPS) is 12.6. The Bertz CT molecular complexity index is 940. The van der Waals surface area contributed by atoms with Crippen molar-refractivity contribution >= 4 is 40.7 Å². The molecule has 0 bridgehead atoms. The first kappa shape index (κ1) is 21.2. The molecule has 0 saturated heterocycles. The van der Waals surface area contributed by atoms with E-state index in [0.717, 1.165) is 11.7 Å². The van der Waals surface area contributed by atoms with E-state index < -0.39 is 0 Å². The van der Waals surface area contributed by atoms with Gasteiger partial charge in [-0.15, -0.1) is 24.0 Å². The molecule has 0 aliphatic heterocycles. The minimum absolute atomic E-state index is 0. The van der Waals surface area contributed by atoms with E-state index in [2.05, 4.69) is 77.0 Å². The Morgan fingerprint density at radius 2 is 1.85 bits per heavy atom. The van der Waals surface area contributed by atoms with Crippen LogP contribution in [0.25, 0.3) is 10.8 Å². The van der Waals surface area contributed by atoms with E-state index in [-0.39, 0.29) is 30.0 Å². The SMILES string of the molecule is CN=C(NCc1c(C)nn(C)c1C)NC(C)c1cccc2ccccc12.I. The molecule has 0 spiro atoms. The third-order valence-electron chi connectivity index (χ3n) is 4.96. The number of hydrogen-bond acceptors (Lipinski definition) is 2. The molecule has 3 aromatic rings. The summed E-state index contributed by atoms with van der Waals surface area (Å²) >= 11 is 0. The van der Waals surface area contributed by atoms with Gasteiger partial charge >= 0.3 is 0 Å². The monoisotopic (exact) mass is 477 g/mol. The number of aromatic nitrogens is 2. The van der Waals surface area contributed by atoms with Gasteiger partial charge in [0, 0.05) is 31.9 Å². The van der Waals surface area contributed by atoms with Crippen LogP contribution >= 0.6 is 24.0 Å². The van der Waals surface area contributed by atoms with E-state index in [1.165, 1.54) is 27.6 Å². The van der Waals surface area contributed by atoms with E-state index in [0.29, 0.717) is 6.54 Å². The number of benzene rings is 2. The van der Waals surface area contributed by atoms with Gasteiger partial charge in [-0.05, 0) is 37.1 Å². The van der Waals surface area contributed by atoms with Crippen molar-refractivity contribution in [2.75, 3.05) is 7.05 Å². The largest absolute Gasteiger partial charge is 0.352 e. The average Bonchev–Trinajstić information content (AvgIpc) is 2.89. The van der Waals surface area contributed by atoms with Gasteiger partial charge in [-0.25, -0.2) is 0 Å². The number of rotatable bonds is 4. The molecule has 0 amide bonds. The van der Waals surface area contributed by atoms with Gasteiger partial charge in [0.25, 0.3) is 0 Å². The molecule has 1 unspecified atom stereocenters. The highest BCUT2D eigenvalue weighted by Gasteiger charge is 2.13. The minimum Gasteiger partial charge on any atom is -0.352 e. The number of aliphatic imine (C=N–C) groups is 1. The predicted molar refractivity (Wildman–Crippen MR) is 124 cm³/mol. The maximum Gasteiger partial charge on any atom is 0.191 e. The van der Waals surface area contributed by atoms with Crippen molar-refractivity contribution in [3.8, 4) is 0 Å². The molecule has 0 aliphatic carbocycles. The number of nitrogens with zero attached hydrogens (tertiary/aromatic N) is 3. The predicted octanol–water partition coefficient (Wildman–Crippen LogP) is 4.23. The maximum atomic E-state index is 4.47. The second-order valence-corrected chi connectivity index (χ2v) is 6.63. The summed E-state index contributed by atoms with van der Waals surface area (Å²) in [5, 5.41) is 13.9. The first-order chi connectivity index (χ1) is 12.5. The Hall–Kier alpha value is -2.09. The lowest BCUT2D eigenvalue weighted by Crippen LogP contribution is -2.38. The fourth-order valence-corrected chi connectivity index (χ4v) is 3.35. The first-order valence-electron chi connectivity index (χ1n) is 8.95. The summed E-state index contributed by atoms with van der Waals surface area (Å²) in [6.07, 6.45) is 0. The van der Waals surface area contributed by atoms with E-state index in [1.54, 1.807) is 7.05 Å². The van der Waals surface area contributed by atoms with Crippen molar-refractivity contribution in [2.45, 2.75) is 33.4 Å². The topological polar surface area (TPSA) is 54.2 Å². The molecule has 3 rings (SSSR count). The van der Waals surface area contributed by atoms with Crippen molar-refractivity contribution in [1.29, 1.82) is 0 Å². The molecule has 144 valence electrons. The molecule has 1 aromatic heterocycles. The van der Waals surface area contributed by atoms with Gasteiger partial charge in [0.15, 0.2) is 5.96 Å². The molecular formula is C21H28IN5. The van der Waals surface area contributed by atoms with Crippen molar-refractivity contribution in [3.63, 3.8) is 0 Å². The van der Waals surface area contributed by atoms with Crippen LogP contribution in [0.5, 0.6) is 0 Å². The van der Waals surface area contributed by atoms with E-state index in [4.69, 9.17) is 0 Å². The van der Waals surface area contributed by atoms with Crippen LogP contribution in [0, 0.1) is 13.8 Å². The van der Waals surface area contributed by atoms with Gasteiger partial charge in [-0.3, -0.25) is 9.67 Å². The quantitative estimate of drug-likeness (QED) is 0.336. The molecule has 1 atom stereocenters. The standard InChI is InChI=1S/C21H27N5.HI/c1-14(18-12-8-10-17-9-6-7-11-19(17)18)24-21(22-4)23-13-20-15(2)25-26(5)16(20)3;/h6-12,14H,13H2,1-5H3,(H2,22,23,24);1H. The Kier molecular flexibility index (Phi) is 7.24. The molecule has 1 heterocycles. The van der Waals surface area contributed by atoms with Gasteiger partial charge in [-0.1, -0.05) is 42.5 Å². The Labute approximate surface area is 178 Å². The molecule has 0 saturated carbocycles. The van der Waals surface area contributed by atoms with E-state index in [9.17, 15) is 0 Å². The average molecular weight is 477 g/mol. The molecule has 5 nitrogen and oxygen atoms in total. The molecule has 27 heavy (non-hydrogen) atoms. The highest BCUT2D eigenvalue weighted by molar-refractivity contribution is 14.0. The lowest BCUT2D eigenvalue weighted by atomic mass is 10.00. The van der Waals surface area contributed by atoms with Crippen molar-refractivity contribution in [1.82, 2.24) is 20.4 Å². The van der Waals surface area contributed by atoms with Gasteiger partial charge in [0.2, 0.25) is 0 Å². The summed E-state index contributed by atoms with van der Waals surface area (Å²) in [5.41, 5.74) is 4.70. The zero-order valence-corrected chi connectivity index (χ0v) is 18.9. The Morgan fingerprint density at radius 1 is 1.15 bits per heavy atom. The lowest BCUT2D eigenvalue weighted by Gasteiger charge is -2.20. The Morgan fingerprint density at radius 3 is 2.52 bits per heavy atom. The summed E-state index contributed by atoms with van der Waals surface area (Å²) in [6.45, 7) is 6.99. The van der Waals surface area contributed by atoms with Gasteiger partial charge < -0.3 is 10.6 Å². The van der Waals surface area contributed by atoms with Crippen LogP contribution < -0.4 is 10.6 Å². The van der Waals surface area contributed by atoms with Crippen LogP contribution in [0.1, 0.15) is 35.5 Å². The van der Waals surface area contributed by atoms with Crippen LogP contribution in [-0.2, 0) is 13.6 Å². The summed E-state index contributed by atoms with van der Waals surface area (Å²) in [5.74, 6) is 0.785. The number of hydrogen-bond donors (Lipinski definition) is 2.